The highest BCUT2D eigenvalue weighted by atomic mass is 19.4. The van der Waals surface area contributed by atoms with Gasteiger partial charge in [-0.25, -0.2) is 14.4 Å². The standard InChI is InChI=1S/C20H27N3O2.3C2HF3O2/c1-17-11-23(13-19-5-3-8-25-19)15-20(17)14-22(7-9-24-16-20)12-18-4-2-6-21-10-18;3*3-2(4,5)1(6)7/h2-6,8,10,17H,7,9,11-16H2,1H3;3*(H,6,7)/t17-,20-;;;/m0.../s1. The predicted molar refractivity (Wildman–Crippen MR) is 137 cm³/mol. The number of aromatic nitrogens is 1. The van der Waals surface area contributed by atoms with Gasteiger partial charge in [-0.1, -0.05) is 13.0 Å². The Hall–Kier alpha value is -3.91. The van der Waals surface area contributed by atoms with Crippen molar-refractivity contribution in [1.29, 1.82) is 0 Å². The molecule has 0 radical (unpaired) electrons. The van der Waals surface area contributed by atoms with Crippen LogP contribution in [0.5, 0.6) is 0 Å². The summed E-state index contributed by atoms with van der Waals surface area (Å²) in [4.78, 5) is 36.0. The SMILES string of the molecule is C[C@H]1CN(Cc2ccco2)C[C@@]12COCCN(Cc1cccnc1)C2.O=C(O)C(F)(F)F.O=C(O)C(F)(F)F.O=C(O)C(F)(F)F. The van der Waals surface area contributed by atoms with Crippen molar-refractivity contribution in [2.45, 2.75) is 38.5 Å². The number of carboxylic acids is 3. The number of rotatable bonds is 4. The highest BCUT2D eigenvalue weighted by Crippen LogP contribution is 2.39. The summed E-state index contributed by atoms with van der Waals surface area (Å²) in [5.41, 5.74) is 1.48. The van der Waals surface area contributed by atoms with Crippen LogP contribution in [-0.2, 0) is 32.2 Å². The van der Waals surface area contributed by atoms with E-state index in [-0.39, 0.29) is 5.41 Å². The van der Waals surface area contributed by atoms with Crippen molar-refractivity contribution in [3.05, 3.63) is 54.2 Å². The molecule has 0 aliphatic carbocycles. The Morgan fingerprint density at radius 3 is 1.83 bits per heavy atom. The van der Waals surface area contributed by atoms with Gasteiger partial charge in [-0.3, -0.25) is 14.8 Å². The average Bonchev–Trinajstić information content (AvgIpc) is 3.48. The number of furan rings is 1. The van der Waals surface area contributed by atoms with Gasteiger partial charge in [-0.05, 0) is 29.7 Å². The van der Waals surface area contributed by atoms with Crippen LogP contribution in [0.2, 0.25) is 0 Å². The van der Waals surface area contributed by atoms with Crippen molar-refractivity contribution in [2.24, 2.45) is 11.3 Å². The van der Waals surface area contributed by atoms with E-state index in [0.717, 1.165) is 58.2 Å². The van der Waals surface area contributed by atoms with Crippen LogP contribution in [0.3, 0.4) is 0 Å². The van der Waals surface area contributed by atoms with Crippen LogP contribution in [0.15, 0.2) is 47.3 Å². The summed E-state index contributed by atoms with van der Waals surface area (Å²) in [6.07, 6.45) is -9.68. The Kier molecular flexibility index (Phi) is 14.9. The van der Waals surface area contributed by atoms with Gasteiger partial charge in [0.25, 0.3) is 0 Å². The molecule has 20 heteroatoms. The van der Waals surface area contributed by atoms with E-state index in [0.29, 0.717) is 5.92 Å². The summed E-state index contributed by atoms with van der Waals surface area (Å²) < 4.78 is 107. The number of nitrogens with zero attached hydrogens (tertiary/aromatic N) is 3. The number of hydrogen-bond donors (Lipinski definition) is 3. The first-order valence-electron chi connectivity index (χ1n) is 12.9. The molecule has 3 N–H and O–H groups in total. The van der Waals surface area contributed by atoms with E-state index < -0.39 is 36.4 Å². The molecule has 0 aromatic carbocycles. The Morgan fingerprint density at radius 2 is 1.39 bits per heavy atom. The van der Waals surface area contributed by atoms with Gasteiger partial charge in [-0.15, -0.1) is 0 Å². The highest BCUT2D eigenvalue weighted by Gasteiger charge is 2.46. The minimum atomic E-state index is -5.08. The molecule has 2 saturated heterocycles. The Labute approximate surface area is 255 Å². The van der Waals surface area contributed by atoms with Crippen LogP contribution in [-0.4, -0.2) is 106 Å². The third kappa shape index (κ3) is 14.5. The molecular weight excluding hydrogens is 653 g/mol. The van der Waals surface area contributed by atoms with Crippen molar-refractivity contribution >= 4 is 17.9 Å². The number of hydrogen-bond acceptors (Lipinski definition) is 8. The molecule has 11 nitrogen and oxygen atoms in total. The molecule has 0 saturated carbocycles. The Morgan fingerprint density at radius 1 is 0.870 bits per heavy atom. The number of likely N-dealkylation sites (tertiary alicyclic amines) is 1. The number of aliphatic carboxylic acids is 3. The summed E-state index contributed by atoms with van der Waals surface area (Å²) in [6, 6.07) is 8.21. The van der Waals surface area contributed by atoms with Gasteiger partial charge >= 0.3 is 36.4 Å². The first-order valence-corrected chi connectivity index (χ1v) is 12.9. The third-order valence-electron chi connectivity index (χ3n) is 6.41. The van der Waals surface area contributed by atoms with Gasteiger partial charge in [0.2, 0.25) is 0 Å². The van der Waals surface area contributed by atoms with Gasteiger partial charge < -0.3 is 24.5 Å². The number of pyridine rings is 1. The van der Waals surface area contributed by atoms with Crippen molar-refractivity contribution in [3.63, 3.8) is 0 Å². The van der Waals surface area contributed by atoms with Crippen LogP contribution in [0.1, 0.15) is 18.2 Å². The van der Waals surface area contributed by atoms with E-state index in [9.17, 15) is 39.5 Å². The van der Waals surface area contributed by atoms with E-state index in [1.54, 1.807) is 6.26 Å². The van der Waals surface area contributed by atoms with Crippen LogP contribution < -0.4 is 0 Å². The predicted octanol–water partition coefficient (Wildman–Crippen LogP) is 4.55. The molecule has 2 aliphatic rings. The molecule has 4 rings (SSSR count). The number of halogens is 9. The fraction of sp³-hybridized carbons (Fsp3) is 0.538. The van der Waals surface area contributed by atoms with Crippen LogP contribution in [0.25, 0.3) is 0 Å². The summed E-state index contributed by atoms with van der Waals surface area (Å²) in [7, 11) is 0. The quantitative estimate of drug-likeness (QED) is 0.389. The molecule has 4 heterocycles. The minimum absolute atomic E-state index is 0.200. The number of carbonyl (C=O) groups is 3. The van der Waals surface area contributed by atoms with Crippen LogP contribution >= 0.6 is 0 Å². The molecular formula is C26H30F9N3O8. The van der Waals surface area contributed by atoms with Crippen molar-refractivity contribution in [1.82, 2.24) is 14.8 Å². The first kappa shape index (κ1) is 40.1. The van der Waals surface area contributed by atoms with Gasteiger partial charge in [0.15, 0.2) is 0 Å². The molecule has 2 aromatic rings. The average molecular weight is 684 g/mol. The third-order valence-corrected chi connectivity index (χ3v) is 6.41. The lowest BCUT2D eigenvalue weighted by atomic mass is 9.79. The molecule has 2 atom stereocenters. The molecule has 2 aliphatic heterocycles. The lowest BCUT2D eigenvalue weighted by Gasteiger charge is -2.35. The van der Waals surface area contributed by atoms with Gasteiger partial charge in [0.05, 0.1) is 26.0 Å². The smallest absolute Gasteiger partial charge is 0.475 e. The number of carboxylic acid groups (broad SMARTS) is 3. The molecule has 0 amide bonds. The molecule has 0 bridgehead atoms. The highest BCUT2D eigenvalue weighted by molar-refractivity contribution is 5.73. The topological polar surface area (TPSA) is 154 Å². The second-order valence-corrected chi connectivity index (χ2v) is 10.0. The second kappa shape index (κ2) is 17.1. The maximum Gasteiger partial charge on any atom is 0.490 e. The van der Waals surface area contributed by atoms with Gasteiger partial charge in [0, 0.05) is 50.5 Å². The lowest BCUT2D eigenvalue weighted by Crippen LogP contribution is -2.43. The van der Waals surface area contributed by atoms with E-state index in [4.69, 9.17) is 38.9 Å². The van der Waals surface area contributed by atoms with Crippen LogP contribution in [0, 0.1) is 11.3 Å². The zero-order chi connectivity index (χ0) is 35.3. The zero-order valence-corrected chi connectivity index (χ0v) is 23.9. The lowest BCUT2D eigenvalue weighted by molar-refractivity contribution is -0.193. The summed E-state index contributed by atoms with van der Waals surface area (Å²) in [5.74, 6) is -6.62. The molecule has 2 fully saturated rings. The molecule has 46 heavy (non-hydrogen) atoms. The number of ether oxygens (including phenoxy) is 1. The molecule has 0 unspecified atom stereocenters. The molecule has 1 spiro atoms. The first-order chi connectivity index (χ1) is 21.1. The Balaban J connectivity index is 0.000000413. The molecule has 260 valence electrons. The second-order valence-electron chi connectivity index (χ2n) is 10.0. The minimum Gasteiger partial charge on any atom is -0.475 e. The van der Waals surface area contributed by atoms with Crippen molar-refractivity contribution < 1.29 is 78.4 Å². The number of alkyl halides is 9. The van der Waals surface area contributed by atoms with E-state index in [2.05, 4.69) is 33.8 Å². The summed E-state index contributed by atoms with van der Waals surface area (Å²) >= 11 is 0. The fourth-order valence-electron chi connectivity index (χ4n) is 4.31. The van der Waals surface area contributed by atoms with Crippen molar-refractivity contribution in [2.75, 3.05) is 39.4 Å². The monoisotopic (exact) mass is 683 g/mol. The van der Waals surface area contributed by atoms with Gasteiger partial charge in [-0.2, -0.15) is 39.5 Å². The van der Waals surface area contributed by atoms with Crippen LogP contribution in [0.4, 0.5) is 39.5 Å². The summed E-state index contributed by atoms with van der Waals surface area (Å²) in [5, 5.41) is 21.4. The summed E-state index contributed by atoms with van der Waals surface area (Å²) in [6.45, 7) is 10.1. The van der Waals surface area contributed by atoms with E-state index in [1.807, 2.05) is 24.5 Å². The van der Waals surface area contributed by atoms with Crippen molar-refractivity contribution in [3.8, 4) is 0 Å². The molecule has 2 aromatic heterocycles. The maximum absolute atomic E-state index is 10.6. The van der Waals surface area contributed by atoms with Gasteiger partial charge in [0.1, 0.15) is 5.76 Å². The maximum atomic E-state index is 10.6. The largest absolute Gasteiger partial charge is 0.490 e. The zero-order valence-electron chi connectivity index (χ0n) is 23.9. The Bertz CT molecular complexity index is 1170. The van der Waals surface area contributed by atoms with E-state index >= 15 is 0 Å². The fourth-order valence-corrected chi connectivity index (χ4v) is 4.31. The van der Waals surface area contributed by atoms with E-state index in [1.165, 1.54) is 5.56 Å². The normalized spacial score (nSPS) is 20.6.